The van der Waals surface area contributed by atoms with Gasteiger partial charge >= 0.3 is 0 Å². The fraction of sp³-hybridized carbons (Fsp3) is 0.0667. The van der Waals surface area contributed by atoms with E-state index in [0.29, 0.717) is 11.1 Å². The molecule has 0 aromatic heterocycles. The number of carbonyl (C=O) groups is 2. The van der Waals surface area contributed by atoms with E-state index in [-0.39, 0.29) is 12.3 Å². The Morgan fingerprint density at radius 2 is 1.78 bits per heavy atom. The fourth-order valence-corrected chi connectivity index (χ4v) is 1.74. The zero-order valence-electron chi connectivity index (χ0n) is 9.80. The maximum Gasteiger partial charge on any atom is 0.176 e. The predicted octanol–water partition coefficient (Wildman–Crippen LogP) is 2.31. The van der Waals surface area contributed by atoms with Crippen molar-refractivity contribution in [3.63, 3.8) is 0 Å². The molecule has 90 valence electrons. The van der Waals surface area contributed by atoms with E-state index in [2.05, 4.69) is 0 Å². The molecule has 3 nitrogen and oxygen atoms in total. The molecule has 0 aliphatic carbocycles. The molecule has 0 fully saturated rings. The fourth-order valence-electron chi connectivity index (χ4n) is 1.74. The number of hydrogen-bond acceptors (Lipinski definition) is 3. The summed E-state index contributed by atoms with van der Waals surface area (Å²) in [6.45, 7) is 0.00747. The number of ketones is 1. The number of Topliss-reactive ketones (excluding diaryl/α,β-unsaturated/α-hetero) is 1. The van der Waals surface area contributed by atoms with Gasteiger partial charge in [0.15, 0.2) is 5.78 Å². The van der Waals surface area contributed by atoms with E-state index < -0.39 is 0 Å². The summed E-state index contributed by atoms with van der Waals surface area (Å²) in [5.74, 6) is -0.0821. The Hall–Kier alpha value is -2.26. The van der Waals surface area contributed by atoms with Crippen LogP contribution in [0.4, 0.5) is 0 Å². The zero-order chi connectivity index (χ0) is 13.0. The summed E-state index contributed by atoms with van der Waals surface area (Å²) in [5.41, 5.74) is 8.48. The summed E-state index contributed by atoms with van der Waals surface area (Å²) in [4.78, 5) is 22.1. The van der Waals surface area contributed by atoms with Crippen LogP contribution in [-0.4, -0.2) is 18.6 Å². The lowest BCUT2D eigenvalue weighted by atomic mass is 10.0. The van der Waals surface area contributed by atoms with Gasteiger partial charge in [0.1, 0.15) is 6.29 Å². The summed E-state index contributed by atoms with van der Waals surface area (Å²) < 4.78 is 0. The second-order valence-electron chi connectivity index (χ2n) is 3.95. The van der Waals surface area contributed by atoms with Crippen molar-refractivity contribution >= 4 is 12.1 Å². The number of benzene rings is 2. The first kappa shape index (κ1) is 12.2. The lowest BCUT2D eigenvalue weighted by Crippen LogP contribution is -2.13. The second-order valence-corrected chi connectivity index (χ2v) is 3.95. The molecule has 0 heterocycles. The van der Waals surface area contributed by atoms with Crippen LogP contribution in [0.2, 0.25) is 0 Å². The Bertz CT molecular complexity index is 573. The van der Waals surface area contributed by atoms with Gasteiger partial charge in [-0.3, -0.25) is 9.59 Å². The van der Waals surface area contributed by atoms with Crippen LogP contribution in [0.3, 0.4) is 0 Å². The molecule has 0 bridgehead atoms. The summed E-state index contributed by atoms with van der Waals surface area (Å²) in [7, 11) is 0. The molecular weight excluding hydrogens is 226 g/mol. The molecule has 0 aliphatic rings. The van der Waals surface area contributed by atoms with Gasteiger partial charge in [0, 0.05) is 11.1 Å². The van der Waals surface area contributed by atoms with Crippen LogP contribution in [0.25, 0.3) is 11.1 Å². The van der Waals surface area contributed by atoms with Crippen molar-refractivity contribution in [3.8, 4) is 11.1 Å². The highest BCUT2D eigenvalue weighted by molar-refractivity contribution is 5.98. The van der Waals surface area contributed by atoms with E-state index >= 15 is 0 Å². The molecule has 0 radical (unpaired) electrons. The van der Waals surface area contributed by atoms with Crippen LogP contribution in [0.15, 0.2) is 48.5 Å². The molecule has 18 heavy (non-hydrogen) atoms. The van der Waals surface area contributed by atoms with E-state index in [9.17, 15) is 9.59 Å². The number of carbonyl (C=O) groups excluding carboxylic acids is 2. The predicted molar refractivity (Wildman–Crippen MR) is 70.7 cm³/mol. The lowest BCUT2D eigenvalue weighted by molar-refractivity contribution is 0.100. The lowest BCUT2D eigenvalue weighted by Gasteiger charge is -2.04. The van der Waals surface area contributed by atoms with Crippen LogP contribution in [0, 0.1) is 0 Å². The monoisotopic (exact) mass is 239 g/mol. The Kier molecular flexibility index (Phi) is 3.65. The van der Waals surface area contributed by atoms with E-state index in [4.69, 9.17) is 5.73 Å². The minimum atomic E-state index is -0.0821. The maximum atomic E-state index is 11.5. The minimum absolute atomic E-state index is 0.00747. The van der Waals surface area contributed by atoms with E-state index in [0.717, 1.165) is 17.4 Å². The Balaban J connectivity index is 2.37. The first-order valence-corrected chi connectivity index (χ1v) is 5.63. The van der Waals surface area contributed by atoms with E-state index in [1.807, 2.05) is 30.3 Å². The minimum Gasteiger partial charge on any atom is -0.324 e. The van der Waals surface area contributed by atoms with Gasteiger partial charge in [0.25, 0.3) is 0 Å². The SMILES string of the molecule is NCC(=O)c1cccc(-c2ccc(C=O)cc2)c1. The standard InChI is InChI=1S/C15H13NO2/c16-9-15(18)14-3-1-2-13(8-14)12-6-4-11(10-17)5-7-12/h1-8,10H,9,16H2. The van der Waals surface area contributed by atoms with Crippen molar-refractivity contribution in [1.82, 2.24) is 0 Å². The first-order valence-electron chi connectivity index (χ1n) is 5.63. The van der Waals surface area contributed by atoms with Crippen molar-refractivity contribution < 1.29 is 9.59 Å². The normalized spacial score (nSPS) is 10.1. The average Bonchev–Trinajstić information content (AvgIpc) is 2.46. The maximum absolute atomic E-state index is 11.5. The zero-order valence-corrected chi connectivity index (χ0v) is 9.80. The molecule has 2 aromatic rings. The summed E-state index contributed by atoms with van der Waals surface area (Å²) in [6, 6.07) is 14.5. The first-order chi connectivity index (χ1) is 8.74. The van der Waals surface area contributed by atoms with Gasteiger partial charge in [-0.15, -0.1) is 0 Å². The summed E-state index contributed by atoms with van der Waals surface area (Å²) in [5, 5.41) is 0. The Labute approximate surface area is 105 Å². The molecule has 0 spiro atoms. The topological polar surface area (TPSA) is 60.2 Å². The molecule has 0 amide bonds. The number of rotatable bonds is 4. The van der Waals surface area contributed by atoms with Crippen molar-refractivity contribution in [1.29, 1.82) is 0 Å². The van der Waals surface area contributed by atoms with Gasteiger partial charge in [-0.2, -0.15) is 0 Å². The quantitative estimate of drug-likeness (QED) is 0.658. The highest BCUT2D eigenvalue weighted by Crippen LogP contribution is 2.20. The second kappa shape index (κ2) is 5.38. The van der Waals surface area contributed by atoms with Crippen LogP contribution in [0.1, 0.15) is 20.7 Å². The van der Waals surface area contributed by atoms with Crippen LogP contribution < -0.4 is 5.73 Å². The van der Waals surface area contributed by atoms with Gasteiger partial charge < -0.3 is 5.73 Å². The van der Waals surface area contributed by atoms with Crippen LogP contribution >= 0.6 is 0 Å². The third-order valence-electron chi connectivity index (χ3n) is 2.75. The molecule has 3 heteroatoms. The third kappa shape index (κ3) is 2.52. The van der Waals surface area contributed by atoms with E-state index in [1.165, 1.54) is 0 Å². The van der Waals surface area contributed by atoms with Gasteiger partial charge in [-0.25, -0.2) is 0 Å². The van der Waals surface area contributed by atoms with Crippen molar-refractivity contribution in [2.24, 2.45) is 5.73 Å². The number of aldehydes is 1. The van der Waals surface area contributed by atoms with Gasteiger partial charge in [-0.1, -0.05) is 42.5 Å². The largest absolute Gasteiger partial charge is 0.324 e. The van der Waals surface area contributed by atoms with Crippen molar-refractivity contribution in [3.05, 3.63) is 59.7 Å². The third-order valence-corrected chi connectivity index (χ3v) is 2.75. The molecule has 2 rings (SSSR count). The van der Waals surface area contributed by atoms with Crippen LogP contribution in [0.5, 0.6) is 0 Å². The van der Waals surface area contributed by atoms with E-state index in [1.54, 1.807) is 18.2 Å². The van der Waals surface area contributed by atoms with Crippen LogP contribution in [-0.2, 0) is 0 Å². The molecule has 2 aromatic carbocycles. The highest BCUT2D eigenvalue weighted by Gasteiger charge is 2.05. The average molecular weight is 239 g/mol. The summed E-state index contributed by atoms with van der Waals surface area (Å²) >= 11 is 0. The molecular formula is C15H13NO2. The number of hydrogen-bond donors (Lipinski definition) is 1. The smallest absolute Gasteiger partial charge is 0.176 e. The Morgan fingerprint density at radius 3 is 2.39 bits per heavy atom. The Morgan fingerprint density at radius 1 is 1.06 bits per heavy atom. The molecule has 0 saturated carbocycles. The highest BCUT2D eigenvalue weighted by atomic mass is 16.1. The number of nitrogens with two attached hydrogens (primary N) is 1. The van der Waals surface area contributed by atoms with Gasteiger partial charge in [-0.05, 0) is 17.2 Å². The molecule has 0 aliphatic heterocycles. The van der Waals surface area contributed by atoms with Crippen molar-refractivity contribution in [2.45, 2.75) is 0 Å². The summed E-state index contributed by atoms with van der Waals surface area (Å²) in [6.07, 6.45) is 0.804. The van der Waals surface area contributed by atoms with Gasteiger partial charge in [0.05, 0.1) is 6.54 Å². The van der Waals surface area contributed by atoms with Gasteiger partial charge in [0.2, 0.25) is 0 Å². The molecule has 0 saturated heterocycles. The molecule has 2 N–H and O–H groups in total. The molecule has 0 atom stereocenters. The molecule has 0 unspecified atom stereocenters. The van der Waals surface area contributed by atoms with Crippen molar-refractivity contribution in [2.75, 3.05) is 6.54 Å².